The summed E-state index contributed by atoms with van der Waals surface area (Å²) >= 11 is 0. The number of rotatable bonds is 9. The molecule has 0 aliphatic rings. The second kappa shape index (κ2) is 9.56. The molecule has 0 aromatic heterocycles. The molecule has 1 aromatic rings. The molecule has 0 N–H and O–H groups in total. The van der Waals surface area contributed by atoms with Gasteiger partial charge in [0.25, 0.3) is 0 Å². The molecule has 0 aliphatic carbocycles. The molecule has 0 bridgehead atoms. The predicted molar refractivity (Wildman–Crippen MR) is 75.6 cm³/mol. The van der Waals surface area contributed by atoms with E-state index in [1.165, 1.54) is 18.4 Å². The average molecular weight is 263 g/mol. The molecule has 1 radical (unpaired) electrons. The number of hydrogen-bond donors (Lipinski definition) is 0. The second-order valence-corrected chi connectivity index (χ2v) is 4.55. The van der Waals surface area contributed by atoms with E-state index < -0.39 is 5.97 Å². The number of benzene rings is 1. The van der Waals surface area contributed by atoms with E-state index >= 15 is 0 Å². The van der Waals surface area contributed by atoms with Crippen molar-refractivity contribution in [2.24, 2.45) is 0 Å². The Morgan fingerprint density at radius 1 is 1.16 bits per heavy atom. The second-order valence-electron chi connectivity index (χ2n) is 4.55. The summed E-state index contributed by atoms with van der Waals surface area (Å²) in [6.45, 7) is 6.32. The molecule has 0 fully saturated rings. The number of carbonyl (C=O) groups excluding carboxylic acids is 1. The number of unbranched alkanes of at least 4 members (excludes halogenated alkanes) is 3. The van der Waals surface area contributed by atoms with Gasteiger partial charge in [0.15, 0.2) is 0 Å². The van der Waals surface area contributed by atoms with E-state index in [1.807, 2.05) is 12.1 Å². The Morgan fingerprint density at radius 2 is 1.89 bits per heavy atom. The van der Waals surface area contributed by atoms with Crippen LogP contribution in [0.15, 0.2) is 24.3 Å². The lowest BCUT2D eigenvalue weighted by molar-refractivity contribution is -0.241. The van der Waals surface area contributed by atoms with Crippen molar-refractivity contribution in [3.8, 4) is 0 Å². The Kier molecular flexibility index (Phi) is 7.91. The fraction of sp³-hybridized carbons (Fsp3) is 0.500. The zero-order valence-electron chi connectivity index (χ0n) is 11.7. The molecule has 0 saturated heterocycles. The summed E-state index contributed by atoms with van der Waals surface area (Å²) < 4.78 is 0. The van der Waals surface area contributed by atoms with Gasteiger partial charge in [-0.3, -0.25) is 4.89 Å². The smallest absolute Gasteiger partial charge is 0.293 e. The Morgan fingerprint density at radius 3 is 2.53 bits per heavy atom. The average Bonchev–Trinajstić information content (AvgIpc) is 2.45. The summed E-state index contributed by atoms with van der Waals surface area (Å²) in [6.07, 6.45) is 6.09. The third kappa shape index (κ3) is 6.39. The third-order valence-electron chi connectivity index (χ3n) is 2.87. The first-order chi connectivity index (χ1) is 9.27. The van der Waals surface area contributed by atoms with Crippen LogP contribution in [0.5, 0.6) is 0 Å². The first-order valence-corrected chi connectivity index (χ1v) is 7.00. The van der Waals surface area contributed by atoms with Crippen LogP contribution in [0, 0.1) is 6.92 Å². The van der Waals surface area contributed by atoms with Crippen LogP contribution in [0.1, 0.15) is 54.9 Å². The highest BCUT2D eigenvalue weighted by Gasteiger charge is 2.07. The largest absolute Gasteiger partial charge is 0.373 e. The zero-order chi connectivity index (χ0) is 13.9. The van der Waals surface area contributed by atoms with Crippen LogP contribution >= 0.6 is 0 Å². The summed E-state index contributed by atoms with van der Waals surface area (Å²) in [4.78, 5) is 21.2. The van der Waals surface area contributed by atoms with Gasteiger partial charge in [-0.05, 0) is 37.0 Å². The minimum atomic E-state index is -0.434. The van der Waals surface area contributed by atoms with Crippen molar-refractivity contribution in [1.82, 2.24) is 0 Å². The maximum atomic E-state index is 11.6. The Balaban J connectivity index is 2.32. The molecule has 3 nitrogen and oxygen atoms in total. The highest BCUT2D eigenvalue weighted by Crippen LogP contribution is 2.09. The molecule has 0 saturated carbocycles. The molecular weight excluding hydrogens is 240 g/mol. The Hall–Kier alpha value is -1.35. The minimum Gasteiger partial charge on any atom is -0.293 e. The number of carbonyl (C=O) groups is 1. The third-order valence-corrected chi connectivity index (χ3v) is 2.87. The van der Waals surface area contributed by atoms with E-state index in [2.05, 4.69) is 13.8 Å². The van der Waals surface area contributed by atoms with Gasteiger partial charge in [-0.2, -0.15) is 4.89 Å². The van der Waals surface area contributed by atoms with Crippen molar-refractivity contribution >= 4 is 5.97 Å². The van der Waals surface area contributed by atoms with E-state index in [4.69, 9.17) is 9.78 Å². The van der Waals surface area contributed by atoms with Gasteiger partial charge in [0.05, 0.1) is 12.2 Å². The fourth-order valence-electron chi connectivity index (χ4n) is 1.67. The Labute approximate surface area is 115 Å². The first kappa shape index (κ1) is 15.7. The molecule has 3 heteroatoms. The molecule has 1 aromatic carbocycles. The van der Waals surface area contributed by atoms with Crippen LogP contribution in [-0.4, -0.2) is 12.6 Å². The van der Waals surface area contributed by atoms with Crippen LogP contribution in [0.2, 0.25) is 0 Å². The molecule has 0 unspecified atom stereocenters. The highest BCUT2D eigenvalue weighted by molar-refractivity contribution is 5.88. The standard InChI is InChI=1S/C16H23O3/c1-3-5-7-13-18-19-16(17)15-11-9-14(10-12-15)8-6-4-2/h9-12H,1,3-8,13H2,2H3. The van der Waals surface area contributed by atoms with E-state index in [-0.39, 0.29) is 0 Å². The zero-order valence-corrected chi connectivity index (χ0v) is 11.7. The van der Waals surface area contributed by atoms with Crippen molar-refractivity contribution in [3.05, 3.63) is 42.3 Å². The maximum Gasteiger partial charge on any atom is 0.373 e. The van der Waals surface area contributed by atoms with E-state index in [0.717, 1.165) is 25.7 Å². The van der Waals surface area contributed by atoms with Gasteiger partial charge in [-0.1, -0.05) is 45.2 Å². The molecule has 0 amide bonds. The van der Waals surface area contributed by atoms with Gasteiger partial charge >= 0.3 is 5.97 Å². The van der Waals surface area contributed by atoms with Crippen LogP contribution in [0.4, 0.5) is 0 Å². The van der Waals surface area contributed by atoms with Crippen molar-refractivity contribution in [3.63, 3.8) is 0 Å². The summed E-state index contributed by atoms with van der Waals surface area (Å²) in [5.41, 5.74) is 1.77. The predicted octanol–water partition coefficient (Wildman–Crippen LogP) is 4.12. The number of aryl methyl sites for hydroxylation is 1. The van der Waals surface area contributed by atoms with Gasteiger partial charge < -0.3 is 0 Å². The summed E-state index contributed by atoms with van der Waals surface area (Å²) in [6, 6.07) is 7.50. The molecule has 0 spiro atoms. The molecule has 105 valence electrons. The Bertz CT molecular complexity index is 357. The molecule has 0 atom stereocenters. The molecule has 0 heterocycles. The highest BCUT2D eigenvalue weighted by atomic mass is 17.2. The van der Waals surface area contributed by atoms with Gasteiger partial charge in [0, 0.05) is 0 Å². The summed E-state index contributed by atoms with van der Waals surface area (Å²) in [5.74, 6) is -0.434. The molecular formula is C16H23O3. The monoisotopic (exact) mass is 263 g/mol. The molecule has 19 heavy (non-hydrogen) atoms. The SMILES string of the molecule is [CH2]CCCCOOC(=O)c1ccc(CCCC)cc1. The molecule has 1 rings (SSSR count). The molecule has 0 aliphatic heterocycles. The van der Waals surface area contributed by atoms with Gasteiger partial charge in [-0.15, -0.1) is 0 Å². The maximum absolute atomic E-state index is 11.6. The summed E-state index contributed by atoms with van der Waals surface area (Å²) in [5, 5.41) is 0. The normalized spacial score (nSPS) is 10.4. The number of hydrogen-bond acceptors (Lipinski definition) is 3. The van der Waals surface area contributed by atoms with Crippen molar-refractivity contribution in [2.75, 3.05) is 6.61 Å². The quantitative estimate of drug-likeness (QED) is 0.382. The van der Waals surface area contributed by atoms with Crippen LogP contribution < -0.4 is 0 Å². The van der Waals surface area contributed by atoms with Crippen LogP contribution in [0.25, 0.3) is 0 Å². The van der Waals surface area contributed by atoms with Crippen molar-refractivity contribution < 1.29 is 14.6 Å². The topological polar surface area (TPSA) is 35.5 Å². The fourth-order valence-corrected chi connectivity index (χ4v) is 1.67. The van der Waals surface area contributed by atoms with E-state index in [0.29, 0.717) is 12.2 Å². The van der Waals surface area contributed by atoms with Crippen molar-refractivity contribution in [1.29, 1.82) is 0 Å². The van der Waals surface area contributed by atoms with Crippen LogP contribution in [-0.2, 0) is 16.2 Å². The lowest BCUT2D eigenvalue weighted by Gasteiger charge is -2.04. The van der Waals surface area contributed by atoms with Gasteiger partial charge in [-0.25, -0.2) is 4.79 Å². The first-order valence-electron chi connectivity index (χ1n) is 7.00. The lowest BCUT2D eigenvalue weighted by atomic mass is 10.1. The van der Waals surface area contributed by atoms with Crippen LogP contribution in [0.3, 0.4) is 0 Å². The van der Waals surface area contributed by atoms with Gasteiger partial charge in [0.1, 0.15) is 0 Å². The van der Waals surface area contributed by atoms with E-state index in [9.17, 15) is 4.79 Å². The minimum absolute atomic E-state index is 0.426. The lowest BCUT2D eigenvalue weighted by Crippen LogP contribution is -2.07. The summed E-state index contributed by atoms with van der Waals surface area (Å²) in [7, 11) is 0. The van der Waals surface area contributed by atoms with Crippen molar-refractivity contribution in [2.45, 2.75) is 45.4 Å². The van der Waals surface area contributed by atoms with Gasteiger partial charge in [0.2, 0.25) is 0 Å². The van der Waals surface area contributed by atoms with E-state index in [1.54, 1.807) is 12.1 Å².